The van der Waals surface area contributed by atoms with Gasteiger partial charge >= 0.3 is 0 Å². The van der Waals surface area contributed by atoms with Crippen LogP contribution in [0.25, 0.3) is 0 Å². The molecule has 23 heavy (non-hydrogen) atoms. The SMILES string of the molecule is O=CC1CCN(c2ccc(C3CCC(=O)NC3=O)cc2F)CC1. The third-order valence-corrected chi connectivity index (χ3v) is 4.69. The Labute approximate surface area is 133 Å². The molecule has 1 atom stereocenters. The summed E-state index contributed by atoms with van der Waals surface area (Å²) in [5.74, 6) is -1.41. The highest BCUT2D eigenvalue weighted by atomic mass is 19.1. The first-order valence-corrected chi connectivity index (χ1v) is 7.92. The van der Waals surface area contributed by atoms with Gasteiger partial charge in [-0.3, -0.25) is 14.9 Å². The number of halogens is 1. The summed E-state index contributed by atoms with van der Waals surface area (Å²) in [5.41, 5.74) is 1.10. The molecule has 2 aliphatic rings. The maximum absolute atomic E-state index is 14.5. The number of amides is 2. The van der Waals surface area contributed by atoms with E-state index in [0.29, 0.717) is 30.8 Å². The Morgan fingerprint density at radius 3 is 2.52 bits per heavy atom. The van der Waals surface area contributed by atoms with Crippen LogP contribution in [0.5, 0.6) is 0 Å². The molecule has 3 rings (SSSR count). The van der Waals surface area contributed by atoms with Crippen molar-refractivity contribution >= 4 is 23.8 Å². The molecule has 2 amide bonds. The molecule has 122 valence electrons. The highest BCUT2D eigenvalue weighted by Crippen LogP contribution is 2.30. The Morgan fingerprint density at radius 2 is 1.91 bits per heavy atom. The van der Waals surface area contributed by atoms with Gasteiger partial charge in [0.05, 0.1) is 11.6 Å². The number of carbonyl (C=O) groups excluding carboxylic acids is 3. The number of aldehydes is 1. The van der Waals surface area contributed by atoms with Gasteiger partial charge < -0.3 is 9.69 Å². The van der Waals surface area contributed by atoms with Gasteiger partial charge in [-0.05, 0) is 37.0 Å². The van der Waals surface area contributed by atoms with Crippen molar-refractivity contribution < 1.29 is 18.8 Å². The van der Waals surface area contributed by atoms with E-state index in [4.69, 9.17) is 0 Å². The number of hydrogen-bond acceptors (Lipinski definition) is 4. The second-order valence-corrected chi connectivity index (χ2v) is 6.18. The third kappa shape index (κ3) is 3.25. The Morgan fingerprint density at radius 1 is 1.17 bits per heavy atom. The van der Waals surface area contributed by atoms with E-state index in [2.05, 4.69) is 5.32 Å². The normalized spacial score (nSPS) is 22.8. The molecule has 1 aromatic carbocycles. The van der Waals surface area contributed by atoms with E-state index in [1.165, 1.54) is 6.07 Å². The van der Waals surface area contributed by atoms with E-state index < -0.39 is 5.92 Å². The van der Waals surface area contributed by atoms with Crippen molar-refractivity contribution in [1.82, 2.24) is 5.32 Å². The summed E-state index contributed by atoms with van der Waals surface area (Å²) in [6, 6.07) is 4.83. The first kappa shape index (κ1) is 15.6. The molecular weight excluding hydrogens is 299 g/mol. The minimum atomic E-state index is -0.475. The summed E-state index contributed by atoms with van der Waals surface area (Å²) in [4.78, 5) is 35.8. The van der Waals surface area contributed by atoms with Gasteiger partial charge in [0.25, 0.3) is 0 Å². The lowest BCUT2D eigenvalue weighted by atomic mass is 9.90. The number of hydrogen-bond donors (Lipinski definition) is 1. The van der Waals surface area contributed by atoms with Crippen LogP contribution in [0.2, 0.25) is 0 Å². The maximum atomic E-state index is 14.5. The predicted molar refractivity (Wildman–Crippen MR) is 82.5 cm³/mol. The fourth-order valence-electron chi connectivity index (χ4n) is 3.28. The first-order valence-electron chi connectivity index (χ1n) is 7.92. The third-order valence-electron chi connectivity index (χ3n) is 4.69. The Bertz CT molecular complexity index is 639. The van der Waals surface area contributed by atoms with Crippen LogP contribution in [0.1, 0.15) is 37.2 Å². The zero-order valence-corrected chi connectivity index (χ0v) is 12.8. The summed E-state index contributed by atoms with van der Waals surface area (Å²) < 4.78 is 14.5. The van der Waals surface area contributed by atoms with Crippen molar-refractivity contribution in [1.29, 1.82) is 0 Å². The van der Waals surface area contributed by atoms with Crippen molar-refractivity contribution in [3.05, 3.63) is 29.6 Å². The molecule has 2 aliphatic heterocycles. The summed E-state index contributed by atoms with van der Waals surface area (Å²) in [5, 5.41) is 2.29. The number of rotatable bonds is 3. The molecular formula is C17H19FN2O3. The molecule has 1 unspecified atom stereocenters. The van der Waals surface area contributed by atoms with E-state index in [0.717, 1.165) is 19.1 Å². The van der Waals surface area contributed by atoms with Crippen LogP contribution in [-0.2, 0) is 14.4 Å². The summed E-state index contributed by atoms with van der Waals surface area (Å²) in [6.07, 6.45) is 3.13. The fraction of sp³-hybridized carbons (Fsp3) is 0.471. The number of piperidine rings is 2. The Hall–Kier alpha value is -2.24. The number of benzene rings is 1. The first-order chi connectivity index (χ1) is 11.1. The van der Waals surface area contributed by atoms with Crippen LogP contribution in [0.3, 0.4) is 0 Å². The van der Waals surface area contributed by atoms with Gasteiger partial charge in [-0.1, -0.05) is 6.07 Å². The van der Waals surface area contributed by atoms with E-state index in [1.54, 1.807) is 12.1 Å². The zero-order valence-electron chi connectivity index (χ0n) is 12.8. The molecule has 0 bridgehead atoms. The smallest absolute Gasteiger partial charge is 0.234 e. The van der Waals surface area contributed by atoms with Gasteiger partial charge in [0.2, 0.25) is 11.8 Å². The van der Waals surface area contributed by atoms with E-state index in [9.17, 15) is 18.8 Å². The highest BCUT2D eigenvalue weighted by molar-refractivity contribution is 6.00. The molecule has 0 aromatic heterocycles. The van der Waals surface area contributed by atoms with Crippen LogP contribution in [0.15, 0.2) is 18.2 Å². The van der Waals surface area contributed by atoms with E-state index in [1.807, 2.05) is 4.90 Å². The average Bonchev–Trinajstić information content (AvgIpc) is 2.55. The van der Waals surface area contributed by atoms with Gasteiger partial charge in [0.1, 0.15) is 12.1 Å². The minimum absolute atomic E-state index is 0.0667. The van der Waals surface area contributed by atoms with Gasteiger partial charge in [-0.2, -0.15) is 0 Å². The van der Waals surface area contributed by atoms with Crippen molar-refractivity contribution in [3.8, 4) is 0 Å². The molecule has 0 aliphatic carbocycles. The number of imide groups is 1. The molecule has 1 N–H and O–H groups in total. The van der Waals surface area contributed by atoms with Gasteiger partial charge in [0.15, 0.2) is 0 Å². The zero-order chi connectivity index (χ0) is 16.4. The minimum Gasteiger partial charge on any atom is -0.369 e. The van der Waals surface area contributed by atoms with Crippen molar-refractivity contribution in [3.63, 3.8) is 0 Å². The van der Waals surface area contributed by atoms with Gasteiger partial charge in [-0.15, -0.1) is 0 Å². The number of nitrogens with zero attached hydrogens (tertiary/aromatic N) is 1. The van der Waals surface area contributed by atoms with Crippen LogP contribution in [0.4, 0.5) is 10.1 Å². The molecule has 2 saturated heterocycles. The lowest BCUT2D eigenvalue weighted by Gasteiger charge is -2.32. The highest BCUT2D eigenvalue weighted by Gasteiger charge is 2.29. The summed E-state index contributed by atoms with van der Waals surface area (Å²) >= 11 is 0. The summed E-state index contributed by atoms with van der Waals surface area (Å²) in [6.45, 7) is 1.30. The maximum Gasteiger partial charge on any atom is 0.234 e. The Balaban J connectivity index is 1.75. The second-order valence-electron chi connectivity index (χ2n) is 6.18. The lowest BCUT2D eigenvalue weighted by Crippen LogP contribution is -2.39. The quantitative estimate of drug-likeness (QED) is 0.681. The molecule has 2 fully saturated rings. The van der Waals surface area contributed by atoms with Gasteiger partial charge in [0, 0.05) is 25.4 Å². The van der Waals surface area contributed by atoms with Crippen LogP contribution in [0, 0.1) is 11.7 Å². The monoisotopic (exact) mass is 318 g/mol. The number of anilines is 1. The predicted octanol–water partition coefficient (Wildman–Crippen LogP) is 1.76. The average molecular weight is 318 g/mol. The largest absolute Gasteiger partial charge is 0.369 e. The summed E-state index contributed by atoms with van der Waals surface area (Å²) in [7, 11) is 0. The molecule has 1 aromatic rings. The van der Waals surface area contributed by atoms with E-state index in [-0.39, 0.29) is 30.0 Å². The van der Waals surface area contributed by atoms with Crippen LogP contribution < -0.4 is 10.2 Å². The van der Waals surface area contributed by atoms with Crippen molar-refractivity contribution in [2.75, 3.05) is 18.0 Å². The Kier molecular flexibility index (Phi) is 4.41. The fourth-order valence-corrected chi connectivity index (χ4v) is 3.28. The molecule has 0 radical (unpaired) electrons. The van der Waals surface area contributed by atoms with Crippen molar-refractivity contribution in [2.24, 2.45) is 5.92 Å². The van der Waals surface area contributed by atoms with E-state index >= 15 is 0 Å². The lowest BCUT2D eigenvalue weighted by molar-refractivity contribution is -0.134. The van der Waals surface area contributed by atoms with Crippen molar-refractivity contribution in [2.45, 2.75) is 31.6 Å². The molecule has 2 heterocycles. The molecule has 6 heteroatoms. The molecule has 5 nitrogen and oxygen atoms in total. The van der Waals surface area contributed by atoms with Crippen LogP contribution in [-0.4, -0.2) is 31.2 Å². The molecule has 0 saturated carbocycles. The number of carbonyl (C=O) groups is 3. The molecule has 0 spiro atoms. The van der Waals surface area contributed by atoms with Crippen LogP contribution >= 0.6 is 0 Å². The topological polar surface area (TPSA) is 66.5 Å². The van der Waals surface area contributed by atoms with Gasteiger partial charge in [-0.25, -0.2) is 4.39 Å². The standard InChI is InChI=1S/C17H19FN2O3/c18-14-9-12(13-2-4-16(22)19-17(13)23)1-3-15(14)20-7-5-11(10-21)6-8-20/h1,3,9-11,13H,2,4-8H2,(H,19,22,23). The number of nitrogens with one attached hydrogen (secondary N) is 1. The second kappa shape index (κ2) is 6.48.